The lowest BCUT2D eigenvalue weighted by Gasteiger charge is -2.10. The number of carboxylic acid groups (broad SMARTS) is 1. The predicted octanol–water partition coefficient (Wildman–Crippen LogP) is 4.11. The smallest absolute Gasteiger partial charge is 0.335 e. The first-order valence-electron chi connectivity index (χ1n) is 8.87. The molecule has 0 heterocycles. The van der Waals surface area contributed by atoms with E-state index >= 15 is 0 Å². The Balaban J connectivity index is 1.62. The molecular weight excluding hydrogens is 374 g/mol. The summed E-state index contributed by atoms with van der Waals surface area (Å²) in [5.41, 5.74) is 3.56. The van der Waals surface area contributed by atoms with Gasteiger partial charge in [-0.3, -0.25) is 4.72 Å². The van der Waals surface area contributed by atoms with E-state index in [0.717, 1.165) is 29.5 Å². The van der Waals surface area contributed by atoms with E-state index in [1.165, 1.54) is 0 Å². The van der Waals surface area contributed by atoms with Crippen molar-refractivity contribution in [1.82, 2.24) is 0 Å². The summed E-state index contributed by atoms with van der Waals surface area (Å²) < 4.78 is 27.4. The minimum Gasteiger partial charge on any atom is -0.478 e. The summed E-state index contributed by atoms with van der Waals surface area (Å²) in [6.45, 7) is 0. The summed E-state index contributed by atoms with van der Waals surface area (Å²) in [7, 11) is -3.49. The molecule has 0 aromatic heterocycles. The Kier molecular flexibility index (Phi) is 6.11. The minimum absolute atomic E-state index is 0.0754. The lowest BCUT2D eigenvalue weighted by Crippen LogP contribution is -2.15. The maximum absolute atomic E-state index is 12.4. The molecule has 0 aliphatic carbocycles. The molecule has 28 heavy (non-hydrogen) atoms. The standard InChI is InChI=1S/C22H21NO4S/c24-22(25)20-13-11-17(12-14-20)9-10-18-7-4-8-21(15-18)23-28(26,27)16-19-5-2-1-3-6-19/h1-8,11-15,23H,9-10,16H2,(H,24,25). The van der Waals surface area contributed by atoms with E-state index in [-0.39, 0.29) is 11.3 Å². The fourth-order valence-corrected chi connectivity index (χ4v) is 4.09. The van der Waals surface area contributed by atoms with Crippen molar-refractivity contribution in [3.05, 3.63) is 101 Å². The molecule has 6 heteroatoms. The van der Waals surface area contributed by atoms with Gasteiger partial charge in [-0.15, -0.1) is 0 Å². The molecule has 2 N–H and O–H groups in total. The Morgan fingerprint density at radius 3 is 2.11 bits per heavy atom. The maximum Gasteiger partial charge on any atom is 0.335 e. The van der Waals surface area contributed by atoms with Crippen LogP contribution in [0.3, 0.4) is 0 Å². The summed E-state index contributed by atoms with van der Waals surface area (Å²) in [4.78, 5) is 10.9. The molecule has 3 rings (SSSR count). The molecule has 0 atom stereocenters. The molecule has 0 radical (unpaired) electrons. The molecule has 3 aromatic carbocycles. The third kappa shape index (κ3) is 5.69. The Bertz CT molecular complexity index is 1050. The third-order valence-corrected chi connectivity index (χ3v) is 5.56. The quantitative estimate of drug-likeness (QED) is 0.601. The molecular formula is C22H21NO4S. The van der Waals surface area contributed by atoms with E-state index < -0.39 is 16.0 Å². The van der Waals surface area contributed by atoms with Gasteiger partial charge in [-0.1, -0.05) is 54.6 Å². The SMILES string of the molecule is O=C(O)c1ccc(CCc2cccc(NS(=O)(=O)Cc3ccccc3)c2)cc1. The number of hydrogen-bond acceptors (Lipinski definition) is 3. The van der Waals surface area contributed by atoms with Crippen molar-refractivity contribution in [2.45, 2.75) is 18.6 Å². The van der Waals surface area contributed by atoms with E-state index in [1.807, 2.05) is 36.4 Å². The van der Waals surface area contributed by atoms with Crippen LogP contribution in [0.25, 0.3) is 0 Å². The van der Waals surface area contributed by atoms with Crippen molar-refractivity contribution in [3.63, 3.8) is 0 Å². The van der Waals surface area contributed by atoms with Crippen molar-refractivity contribution in [3.8, 4) is 0 Å². The fraction of sp³-hybridized carbons (Fsp3) is 0.136. The summed E-state index contributed by atoms with van der Waals surface area (Å²) in [5.74, 6) is -1.02. The topological polar surface area (TPSA) is 83.5 Å². The minimum atomic E-state index is -3.49. The number of anilines is 1. The van der Waals surface area contributed by atoms with E-state index in [1.54, 1.807) is 42.5 Å². The highest BCUT2D eigenvalue weighted by molar-refractivity contribution is 7.91. The van der Waals surface area contributed by atoms with Gasteiger partial charge in [-0.05, 0) is 53.8 Å². The molecule has 0 saturated carbocycles. The van der Waals surface area contributed by atoms with Crippen molar-refractivity contribution in [1.29, 1.82) is 0 Å². The second kappa shape index (κ2) is 8.71. The van der Waals surface area contributed by atoms with Crippen LogP contribution in [0.5, 0.6) is 0 Å². The maximum atomic E-state index is 12.4. The highest BCUT2D eigenvalue weighted by Gasteiger charge is 2.12. The van der Waals surface area contributed by atoms with E-state index in [9.17, 15) is 13.2 Å². The van der Waals surface area contributed by atoms with Crippen LogP contribution in [-0.4, -0.2) is 19.5 Å². The molecule has 0 aliphatic rings. The molecule has 0 fully saturated rings. The van der Waals surface area contributed by atoms with Gasteiger partial charge in [0.1, 0.15) is 0 Å². The number of hydrogen-bond donors (Lipinski definition) is 2. The van der Waals surface area contributed by atoms with Crippen molar-refractivity contribution < 1.29 is 18.3 Å². The fourth-order valence-electron chi connectivity index (χ4n) is 2.90. The van der Waals surface area contributed by atoms with Gasteiger partial charge in [-0.2, -0.15) is 0 Å². The third-order valence-electron chi connectivity index (χ3n) is 4.30. The molecule has 0 bridgehead atoms. The van der Waals surface area contributed by atoms with E-state index in [4.69, 9.17) is 5.11 Å². The number of nitrogens with one attached hydrogen (secondary N) is 1. The zero-order valence-corrected chi connectivity index (χ0v) is 16.0. The molecule has 3 aromatic rings. The molecule has 144 valence electrons. The van der Waals surface area contributed by atoms with Crippen LogP contribution in [0.1, 0.15) is 27.0 Å². The largest absolute Gasteiger partial charge is 0.478 e. The van der Waals surface area contributed by atoms with E-state index in [2.05, 4.69) is 4.72 Å². The van der Waals surface area contributed by atoms with Crippen molar-refractivity contribution >= 4 is 21.7 Å². The van der Waals surface area contributed by atoms with E-state index in [0.29, 0.717) is 5.69 Å². The first-order chi connectivity index (χ1) is 13.4. The Morgan fingerprint density at radius 2 is 1.43 bits per heavy atom. The lowest BCUT2D eigenvalue weighted by atomic mass is 10.0. The summed E-state index contributed by atoms with van der Waals surface area (Å²) >= 11 is 0. The number of aryl methyl sites for hydroxylation is 2. The first kappa shape index (κ1) is 19.6. The van der Waals surface area contributed by atoms with Crippen molar-refractivity contribution in [2.24, 2.45) is 0 Å². The first-order valence-corrected chi connectivity index (χ1v) is 10.5. The highest BCUT2D eigenvalue weighted by atomic mass is 32.2. The second-order valence-corrected chi connectivity index (χ2v) is 8.27. The summed E-state index contributed by atoms with van der Waals surface area (Å²) in [6, 6.07) is 23.1. The predicted molar refractivity (Wildman–Crippen MR) is 110 cm³/mol. The van der Waals surface area contributed by atoms with Gasteiger partial charge < -0.3 is 5.11 Å². The molecule has 0 amide bonds. The second-order valence-electron chi connectivity index (χ2n) is 6.55. The average molecular weight is 395 g/mol. The highest BCUT2D eigenvalue weighted by Crippen LogP contribution is 2.17. The summed E-state index contributed by atoms with van der Waals surface area (Å²) in [5, 5.41) is 8.94. The van der Waals surface area contributed by atoms with Crippen LogP contribution in [-0.2, 0) is 28.6 Å². The molecule has 0 aliphatic heterocycles. The van der Waals surface area contributed by atoms with Gasteiger partial charge in [0.2, 0.25) is 10.0 Å². The van der Waals surface area contributed by atoms with Crippen LogP contribution < -0.4 is 4.72 Å². The number of aromatic carboxylic acids is 1. The van der Waals surface area contributed by atoms with Crippen LogP contribution in [0.15, 0.2) is 78.9 Å². The number of sulfonamides is 1. The summed E-state index contributed by atoms with van der Waals surface area (Å²) in [6.07, 6.45) is 1.46. The van der Waals surface area contributed by atoms with Crippen LogP contribution in [0.2, 0.25) is 0 Å². The molecule has 5 nitrogen and oxygen atoms in total. The van der Waals surface area contributed by atoms with Gasteiger partial charge in [0.15, 0.2) is 0 Å². The van der Waals surface area contributed by atoms with Gasteiger partial charge >= 0.3 is 5.97 Å². The van der Waals surface area contributed by atoms with Crippen LogP contribution in [0.4, 0.5) is 5.69 Å². The van der Waals surface area contributed by atoms with Gasteiger partial charge in [0.05, 0.1) is 11.3 Å². The van der Waals surface area contributed by atoms with Crippen LogP contribution in [0, 0.1) is 0 Å². The van der Waals surface area contributed by atoms with Gasteiger partial charge in [0, 0.05) is 5.69 Å². The number of carboxylic acids is 1. The lowest BCUT2D eigenvalue weighted by molar-refractivity contribution is 0.0697. The number of carbonyl (C=O) groups is 1. The molecule has 0 spiro atoms. The number of rotatable bonds is 8. The zero-order valence-electron chi connectivity index (χ0n) is 15.2. The van der Waals surface area contributed by atoms with Gasteiger partial charge in [-0.25, -0.2) is 13.2 Å². The Morgan fingerprint density at radius 1 is 0.786 bits per heavy atom. The Hall–Kier alpha value is -3.12. The van der Waals surface area contributed by atoms with Gasteiger partial charge in [0.25, 0.3) is 0 Å². The molecule has 0 unspecified atom stereocenters. The zero-order chi connectivity index (χ0) is 20.0. The average Bonchev–Trinajstić information content (AvgIpc) is 2.67. The number of benzene rings is 3. The Labute approximate surface area is 164 Å². The normalized spacial score (nSPS) is 11.1. The van der Waals surface area contributed by atoms with Crippen LogP contribution >= 0.6 is 0 Å². The molecule has 0 saturated heterocycles. The van der Waals surface area contributed by atoms with Crippen molar-refractivity contribution in [2.75, 3.05) is 4.72 Å². The monoisotopic (exact) mass is 395 g/mol.